The second-order valence-electron chi connectivity index (χ2n) is 7.95. The predicted octanol–water partition coefficient (Wildman–Crippen LogP) is 5.95. The number of benzene rings is 1. The van der Waals surface area contributed by atoms with Crippen LogP contribution in [0.1, 0.15) is 66.4 Å². The molecule has 2 aromatic rings. The summed E-state index contributed by atoms with van der Waals surface area (Å²) in [6.45, 7) is 8.34. The van der Waals surface area contributed by atoms with Crippen LogP contribution in [-0.2, 0) is 22.4 Å². The molecule has 0 radical (unpaired) electrons. The zero-order chi connectivity index (χ0) is 21.8. The van der Waals surface area contributed by atoms with Gasteiger partial charge >= 0.3 is 5.97 Å². The van der Waals surface area contributed by atoms with E-state index in [1.54, 1.807) is 6.92 Å². The van der Waals surface area contributed by atoms with Crippen LogP contribution in [0.15, 0.2) is 22.7 Å². The SMILES string of the molecule is CCOC(=O)c1c(NC(=O)COc2ccc(Br)cc2C(C)C)sc2c1CCC(C)C2. The summed E-state index contributed by atoms with van der Waals surface area (Å²) >= 11 is 4.96. The molecule has 3 rings (SSSR count). The second-order valence-corrected chi connectivity index (χ2v) is 9.97. The first-order valence-electron chi connectivity index (χ1n) is 10.3. The minimum atomic E-state index is -0.365. The highest BCUT2D eigenvalue weighted by Gasteiger charge is 2.29. The van der Waals surface area contributed by atoms with E-state index in [9.17, 15) is 9.59 Å². The van der Waals surface area contributed by atoms with Crippen molar-refractivity contribution in [2.24, 2.45) is 5.92 Å². The van der Waals surface area contributed by atoms with Crippen LogP contribution in [0.2, 0.25) is 0 Å². The van der Waals surface area contributed by atoms with Crippen molar-refractivity contribution in [3.8, 4) is 5.75 Å². The Balaban J connectivity index is 1.76. The molecule has 0 spiro atoms. The molecule has 1 atom stereocenters. The number of esters is 1. The summed E-state index contributed by atoms with van der Waals surface area (Å²) in [6, 6.07) is 5.76. The van der Waals surface area contributed by atoms with Crippen LogP contribution in [-0.4, -0.2) is 25.1 Å². The minimum absolute atomic E-state index is 0.122. The maximum atomic E-state index is 12.7. The van der Waals surface area contributed by atoms with Gasteiger partial charge in [0.25, 0.3) is 5.91 Å². The van der Waals surface area contributed by atoms with E-state index < -0.39 is 0 Å². The Morgan fingerprint density at radius 3 is 2.80 bits per heavy atom. The molecule has 1 heterocycles. The summed E-state index contributed by atoms with van der Waals surface area (Å²) in [5, 5.41) is 3.47. The quantitative estimate of drug-likeness (QED) is 0.483. The number of halogens is 1. The van der Waals surface area contributed by atoms with Gasteiger partial charge in [-0.25, -0.2) is 4.79 Å². The Labute approximate surface area is 190 Å². The number of thiophene rings is 1. The number of carbonyl (C=O) groups is 2. The van der Waals surface area contributed by atoms with E-state index >= 15 is 0 Å². The fraction of sp³-hybridized carbons (Fsp3) is 0.478. The Kier molecular flexibility index (Phi) is 7.58. The topological polar surface area (TPSA) is 64.6 Å². The molecule has 0 saturated heterocycles. The first kappa shape index (κ1) is 22.8. The van der Waals surface area contributed by atoms with Crippen molar-refractivity contribution >= 4 is 44.1 Å². The Bertz CT molecular complexity index is 938. The van der Waals surface area contributed by atoms with Crippen LogP contribution in [0.3, 0.4) is 0 Å². The lowest BCUT2D eigenvalue weighted by Gasteiger charge is -2.18. The lowest BCUT2D eigenvalue weighted by molar-refractivity contribution is -0.118. The molecule has 1 aromatic heterocycles. The van der Waals surface area contributed by atoms with E-state index in [0.29, 0.717) is 28.8 Å². The minimum Gasteiger partial charge on any atom is -0.483 e. The number of fused-ring (bicyclic) bond motifs is 1. The monoisotopic (exact) mass is 493 g/mol. The molecular weight excluding hydrogens is 466 g/mol. The van der Waals surface area contributed by atoms with Crippen molar-refractivity contribution in [3.05, 3.63) is 44.2 Å². The number of anilines is 1. The van der Waals surface area contributed by atoms with Crippen LogP contribution in [0.25, 0.3) is 0 Å². The lowest BCUT2D eigenvalue weighted by atomic mass is 9.88. The molecule has 1 amide bonds. The third-order valence-electron chi connectivity index (χ3n) is 5.20. The number of hydrogen-bond acceptors (Lipinski definition) is 5. The van der Waals surface area contributed by atoms with Crippen molar-refractivity contribution in [1.29, 1.82) is 0 Å². The fourth-order valence-electron chi connectivity index (χ4n) is 3.67. The largest absolute Gasteiger partial charge is 0.483 e. The van der Waals surface area contributed by atoms with Crippen molar-refractivity contribution < 1.29 is 19.1 Å². The highest BCUT2D eigenvalue weighted by Crippen LogP contribution is 2.40. The summed E-state index contributed by atoms with van der Waals surface area (Å²) in [6.07, 6.45) is 2.80. The third-order valence-corrected chi connectivity index (χ3v) is 6.86. The molecule has 1 N–H and O–H groups in total. The summed E-state index contributed by atoms with van der Waals surface area (Å²) < 4.78 is 12.0. The molecule has 1 aromatic carbocycles. The molecule has 0 aliphatic heterocycles. The molecule has 0 saturated carbocycles. The van der Waals surface area contributed by atoms with Crippen LogP contribution in [0.4, 0.5) is 5.00 Å². The zero-order valence-corrected chi connectivity index (χ0v) is 20.2. The first-order valence-corrected chi connectivity index (χ1v) is 11.9. The number of hydrogen-bond donors (Lipinski definition) is 1. The Hall–Kier alpha value is -1.86. The summed E-state index contributed by atoms with van der Waals surface area (Å²) in [7, 11) is 0. The molecular formula is C23H28BrNO4S. The van der Waals surface area contributed by atoms with E-state index in [0.717, 1.165) is 34.9 Å². The molecule has 0 fully saturated rings. The second kappa shape index (κ2) is 9.96. The van der Waals surface area contributed by atoms with Gasteiger partial charge in [-0.15, -0.1) is 11.3 Å². The van der Waals surface area contributed by atoms with Gasteiger partial charge < -0.3 is 14.8 Å². The fourth-order valence-corrected chi connectivity index (χ4v) is 5.46. The van der Waals surface area contributed by atoms with Crippen LogP contribution < -0.4 is 10.1 Å². The average molecular weight is 494 g/mol. The van der Waals surface area contributed by atoms with Gasteiger partial charge in [0.05, 0.1) is 12.2 Å². The van der Waals surface area contributed by atoms with Gasteiger partial charge in [0.2, 0.25) is 0 Å². The van der Waals surface area contributed by atoms with Gasteiger partial charge in [-0.3, -0.25) is 4.79 Å². The molecule has 1 unspecified atom stereocenters. The molecule has 162 valence electrons. The molecule has 5 nitrogen and oxygen atoms in total. The molecule has 7 heteroatoms. The lowest BCUT2D eigenvalue weighted by Crippen LogP contribution is -2.22. The van der Waals surface area contributed by atoms with Crippen LogP contribution in [0.5, 0.6) is 5.75 Å². The van der Waals surface area contributed by atoms with Crippen molar-refractivity contribution in [2.75, 3.05) is 18.5 Å². The van der Waals surface area contributed by atoms with Crippen molar-refractivity contribution in [3.63, 3.8) is 0 Å². The van der Waals surface area contributed by atoms with E-state index in [1.165, 1.54) is 16.2 Å². The van der Waals surface area contributed by atoms with Crippen LogP contribution in [0, 0.1) is 5.92 Å². The zero-order valence-electron chi connectivity index (χ0n) is 17.8. The van der Waals surface area contributed by atoms with E-state index in [2.05, 4.69) is 42.0 Å². The smallest absolute Gasteiger partial charge is 0.341 e. The first-order chi connectivity index (χ1) is 14.3. The highest BCUT2D eigenvalue weighted by atomic mass is 79.9. The summed E-state index contributed by atoms with van der Waals surface area (Å²) in [5.41, 5.74) is 2.58. The summed E-state index contributed by atoms with van der Waals surface area (Å²) in [4.78, 5) is 26.4. The van der Waals surface area contributed by atoms with Crippen molar-refractivity contribution in [1.82, 2.24) is 0 Å². The molecule has 0 bridgehead atoms. The maximum absolute atomic E-state index is 12.7. The highest BCUT2D eigenvalue weighted by molar-refractivity contribution is 9.10. The predicted molar refractivity (Wildman–Crippen MR) is 124 cm³/mol. The number of ether oxygens (including phenoxy) is 2. The van der Waals surface area contributed by atoms with E-state index in [1.807, 2.05) is 18.2 Å². The van der Waals surface area contributed by atoms with Gasteiger partial charge in [0.1, 0.15) is 10.8 Å². The molecule has 30 heavy (non-hydrogen) atoms. The Morgan fingerprint density at radius 2 is 2.10 bits per heavy atom. The van der Waals surface area contributed by atoms with E-state index in [4.69, 9.17) is 9.47 Å². The van der Waals surface area contributed by atoms with Gasteiger partial charge in [0.15, 0.2) is 6.61 Å². The normalized spacial score (nSPS) is 15.6. The number of rotatable bonds is 7. The molecule has 1 aliphatic rings. The average Bonchev–Trinajstić information content (AvgIpc) is 3.03. The molecule has 1 aliphatic carbocycles. The number of amides is 1. The number of carbonyl (C=O) groups excluding carboxylic acids is 2. The van der Waals surface area contributed by atoms with Gasteiger partial charge in [-0.05, 0) is 67.3 Å². The third kappa shape index (κ3) is 5.24. The Morgan fingerprint density at radius 1 is 1.33 bits per heavy atom. The maximum Gasteiger partial charge on any atom is 0.341 e. The summed E-state index contributed by atoms with van der Waals surface area (Å²) in [5.74, 6) is 0.876. The van der Waals surface area contributed by atoms with Gasteiger partial charge in [-0.1, -0.05) is 36.7 Å². The van der Waals surface area contributed by atoms with Crippen LogP contribution >= 0.6 is 27.3 Å². The van der Waals surface area contributed by atoms with Gasteiger partial charge in [-0.2, -0.15) is 0 Å². The standard InChI is InChI=1S/C23H28BrNO4S/c1-5-28-23(27)21-16-8-6-14(4)10-19(16)30-22(21)25-20(26)12-29-18-9-7-15(24)11-17(18)13(2)3/h7,9,11,13-14H,5-6,8,10,12H2,1-4H3,(H,25,26). The number of nitrogens with one attached hydrogen (secondary N) is 1. The van der Waals surface area contributed by atoms with Crippen molar-refractivity contribution in [2.45, 2.75) is 52.9 Å². The van der Waals surface area contributed by atoms with E-state index in [-0.39, 0.29) is 24.4 Å². The van der Waals surface area contributed by atoms with Gasteiger partial charge in [0, 0.05) is 9.35 Å².